The van der Waals surface area contributed by atoms with Gasteiger partial charge in [0.1, 0.15) is 0 Å². The van der Waals surface area contributed by atoms with Crippen LogP contribution in [0.2, 0.25) is 0 Å². The number of imidazole rings is 1. The number of rotatable bonds is 0. The molecule has 4 heteroatoms. The van der Waals surface area contributed by atoms with Gasteiger partial charge in [0.25, 0.3) is 0 Å². The summed E-state index contributed by atoms with van der Waals surface area (Å²) >= 11 is 0. The molecule has 1 aliphatic carbocycles. The summed E-state index contributed by atoms with van der Waals surface area (Å²) in [5.74, 6) is 3.30. The number of fused-ring (bicyclic) bond motifs is 9. The molecular weight excluding hydrogens is 466 g/mol. The quantitative estimate of drug-likeness (QED) is 0.224. The van der Waals surface area contributed by atoms with Crippen molar-refractivity contribution in [2.24, 2.45) is 7.05 Å². The minimum atomic E-state index is -0.483. The van der Waals surface area contributed by atoms with Crippen molar-refractivity contribution in [2.75, 3.05) is 0 Å². The number of nitrogens with zero attached hydrogens (tertiary/aromatic N) is 3. The number of para-hydroxylation sites is 1. The summed E-state index contributed by atoms with van der Waals surface area (Å²) in [5, 5.41) is 0. The Hall–Kier alpha value is -3.92. The largest absolute Gasteiger partial charge is 0.448 e. The van der Waals surface area contributed by atoms with Crippen LogP contribution >= 0.6 is 0 Å². The van der Waals surface area contributed by atoms with E-state index in [1.807, 2.05) is 0 Å². The molecule has 38 heavy (non-hydrogen) atoms. The van der Waals surface area contributed by atoms with Crippen molar-refractivity contribution in [2.45, 2.75) is 56.9 Å². The van der Waals surface area contributed by atoms with Gasteiger partial charge >= 0.3 is 11.4 Å². The number of hydrogen-bond acceptors (Lipinski definition) is 1. The fourth-order valence-corrected chi connectivity index (χ4v) is 8.26. The summed E-state index contributed by atoms with van der Waals surface area (Å²) in [6.07, 6.45) is 4.59. The fraction of sp³-hybridized carbons (Fsp3) is 0.294. The lowest BCUT2D eigenvalue weighted by Gasteiger charge is -2.43. The molecule has 3 aliphatic heterocycles. The molecule has 0 saturated heterocycles. The van der Waals surface area contributed by atoms with E-state index in [1.165, 1.54) is 62.5 Å². The van der Waals surface area contributed by atoms with Gasteiger partial charge < -0.3 is 4.74 Å². The first kappa shape index (κ1) is 21.1. The molecule has 4 nitrogen and oxygen atoms in total. The zero-order valence-electron chi connectivity index (χ0n) is 22.6. The molecule has 1 unspecified atom stereocenters. The molecule has 0 amide bonds. The number of ether oxygens (including phenoxy) is 1. The van der Waals surface area contributed by atoms with Gasteiger partial charge in [0.05, 0.1) is 23.7 Å². The molecule has 9 rings (SSSR count). The summed E-state index contributed by atoms with van der Waals surface area (Å²) in [5.41, 5.74) is 11.3. The van der Waals surface area contributed by atoms with E-state index in [9.17, 15) is 0 Å². The molecule has 4 aliphatic rings. The first-order valence-electron chi connectivity index (χ1n) is 13.8. The van der Waals surface area contributed by atoms with Gasteiger partial charge in [0.15, 0.2) is 28.9 Å². The van der Waals surface area contributed by atoms with Gasteiger partial charge in [-0.3, -0.25) is 0 Å². The maximum atomic E-state index is 7.04. The van der Waals surface area contributed by atoms with Gasteiger partial charge in [-0.25, -0.2) is 4.57 Å². The maximum absolute atomic E-state index is 7.04. The summed E-state index contributed by atoms with van der Waals surface area (Å²) < 4.78 is 14.5. The van der Waals surface area contributed by atoms with E-state index in [4.69, 9.17) is 4.74 Å². The third-order valence-corrected chi connectivity index (χ3v) is 10.1. The zero-order chi connectivity index (χ0) is 25.8. The van der Waals surface area contributed by atoms with Crippen molar-refractivity contribution < 1.29 is 13.9 Å². The van der Waals surface area contributed by atoms with Crippen molar-refractivity contribution in [1.82, 2.24) is 4.57 Å². The summed E-state index contributed by atoms with van der Waals surface area (Å²) in [7, 11) is 2.23. The van der Waals surface area contributed by atoms with Crippen molar-refractivity contribution in [1.29, 1.82) is 0 Å². The van der Waals surface area contributed by atoms with Crippen LogP contribution in [-0.4, -0.2) is 4.57 Å². The molecule has 0 fully saturated rings. The van der Waals surface area contributed by atoms with Crippen LogP contribution in [-0.2, 0) is 23.4 Å². The molecule has 0 saturated carbocycles. The molecule has 0 bridgehead atoms. The number of hydrogen-bond donors (Lipinski definition) is 0. The van der Waals surface area contributed by atoms with Crippen LogP contribution in [0.3, 0.4) is 0 Å². The lowest BCUT2D eigenvalue weighted by atomic mass is 9.61. The Morgan fingerprint density at radius 2 is 1.61 bits per heavy atom. The SMILES string of the molecule is Cn1c2[n+]3c4c(cccc41)Oc1c-3c(cc3c1C(C)(C)CCC3(C)C)C21c2ccccc2-c2cccc[n+]21. The zero-order valence-corrected chi connectivity index (χ0v) is 22.6. The Bertz CT molecular complexity index is 1880. The summed E-state index contributed by atoms with van der Waals surface area (Å²) in [6, 6.07) is 24.7. The van der Waals surface area contributed by atoms with Gasteiger partial charge in [-0.15, -0.1) is 0 Å². The highest BCUT2D eigenvalue weighted by atomic mass is 16.5. The molecule has 3 aromatic carbocycles. The summed E-state index contributed by atoms with van der Waals surface area (Å²) in [4.78, 5) is 0. The van der Waals surface area contributed by atoms with Gasteiger partial charge in [-0.05, 0) is 59.6 Å². The van der Waals surface area contributed by atoms with Crippen LogP contribution in [0.4, 0.5) is 0 Å². The van der Waals surface area contributed by atoms with Gasteiger partial charge in [0.2, 0.25) is 11.2 Å². The fourth-order valence-electron chi connectivity index (χ4n) is 8.26. The van der Waals surface area contributed by atoms with E-state index in [2.05, 4.69) is 121 Å². The number of benzene rings is 3. The topological polar surface area (TPSA) is 21.9 Å². The van der Waals surface area contributed by atoms with Gasteiger partial charge in [-0.1, -0.05) is 52.0 Å². The van der Waals surface area contributed by atoms with Crippen molar-refractivity contribution in [3.63, 3.8) is 0 Å². The van der Waals surface area contributed by atoms with Crippen LogP contribution < -0.4 is 13.9 Å². The van der Waals surface area contributed by atoms with E-state index in [1.54, 1.807) is 0 Å². The average Bonchev–Trinajstić information content (AvgIpc) is 3.50. The van der Waals surface area contributed by atoms with E-state index in [-0.39, 0.29) is 10.8 Å². The third-order valence-electron chi connectivity index (χ3n) is 10.1. The van der Waals surface area contributed by atoms with Crippen LogP contribution in [0, 0.1) is 0 Å². The lowest BCUT2D eigenvalue weighted by molar-refractivity contribution is -0.733. The number of pyridine rings is 1. The molecule has 186 valence electrons. The Labute approximate surface area is 222 Å². The number of aryl methyl sites for hydroxylation is 1. The highest BCUT2D eigenvalue weighted by molar-refractivity contribution is 5.86. The second kappa shape index (κ2) is 6.20. The smallest absolute Gasteiger partial charge is 0.346 e. The molecular formula is C34H31N3O+2. The van der Waals surface area contributed by atoms with Crippen molar-refractivity contribution >= 4 is 11.0 Å². The third kappa shape index (κ3) is 2.05. The standard InChI is InChI=1S/C34H31N3O/c1-32(2)16-17-33(3,4)27-22(32)19-23-28-30(27)38-26-15-10-14-25-29(26)37(28)31(35(25)5)34(23)21-12-7-6-11-20(21)24-13-8-9-18-36(24)34/h6-15,18-19H,16-17H2,1-5H3/q+2. The van der Waals surface area contributed by atoms with Crippen LogP contribution in [0.25, 0.3) is 28.0 Å². The normalized spacial score (nSPS) is 21.8. The highest BCUT2D eigenvalue weighted by Crippen LogP contribution is 2.59. The Morgan fingerprint density at radius 1 is 0.816 bits per heavy atom. The van der Waals surface area contributed by atoms with E-state index in [0.717, 1.165) is 17.9 Å². The van der Waals surface area contributed by atoms with Crippen molar-refractivity contribution in [3.8, 4) is 28.4 Å². The van der Waals surface area contributed by atoms with E-state index < -0.39 is 5.54 Å². The number of aromatic nitrogens is 3. The minimum absolute atomic E-state index is 0.0322. The molecule has 1 spiro atoms. The minimum Gasteiger partial charge on any atom is -0.448 e. The highest BCUT2D eigenvalue weighted by Gasteiger charge is 2.69. The first-order chi connectivity index (χ1) is 18.3. The monoisotopic (exact) mass is 497 g/mol. The van der Waals surface area contributed by atoms with E-state index in [0.29, 0.717) is 0 Å². The van der Waals surface area contributed by atoms with E-state index >= 15 is 0 Å². The lowest BCUT2D eigenvalue weighted by Crippen LogP contribution is -2.57. The molecule has 5 heterocycles. The van der Waals surface area contributed by atoms with Crippen LogP contribution in [0.5, 0.6) is 11.5 Å². The molecule has 2 aromatic heterocycles. The molecule has 0 radical (unpaired) electrons. The van der Waals surface area contributed by atoms with Crippen LogP contribution in [0.1, 0.15) is 68.6 Å². The predicted molar refractivity (Wildman–Crippen MR) is 147 cm³/mol. The molecule has 5 aromatic rings. The summed E-state index contributed by atoms with van der Waals surface area (Å²) in [6.45, 7) is 9.64. The predicted octanol–water partition coefficient (Wildman–Crippen LogP) is 6.33. The molecule has 0 N–H and O–H groups in total. The van der Waals surface area contributed by atoms with Gasteiger partial charge in [-0.2, -0.15) is 9.13 Å². The maximum Gasteiger partial charge on any atom is 0.346 e. The van der Waals surface area contributed by atoms with Crippen LogP contribution in [0.15, 0.2) is 72.9 Å². The molecule has 1 atom stereocenters. The van der Waals surface area contributed by atoms with Gasteiger partial charge in [0, 0.05) is 17.7 Å². The average molecular weight is 498 g/mol. The second-order valence-electron chi connectivity index (χ2n) is 12.9. The first-order valence-corrected chi connectivity index (χ1v) is 13.8. The van der Waals surface area contributed by atoms with Crippen molar-refractivity contribution in [3.05, 3.63) is 101 Å². The Balaban J connectivity index is 1.58. The Kier molecular flexibility index (Phi) is 3.44. The second-order valence-corrected chi connectivity index (χ2v) is 12.9. The Morgan fingerprint density at radius 3 is 2.47 bits per heavy atom.